The standard InChI is InChI=1S/C12H14N6O4/c1-18(2)5-13-12-14-6-7(15-12)9(11(20)22-4)17-16-8(6)10(19)21-3/h5H,1-4H3,(H,14,15)/b13-5+. The van der Waals surface area contributed by atoms with E-state index in [0.29, 0.717) is 0 Å². The molecule has 2 heterocycles. The molecule has 0 saturated carbocycles. The molecule has 0 spiro atoms. The number of methoxy groups -OCH3 is 2. The van der Waals surface area contributed by atoms with Gasteiger partial charge in [-0.2, -0.15) is 0 Å². The molecule has 0 fully saturated rings. The summed E-state index contributed by atoms with van der Waals surface area (Å²) in [6.07, 6.45) is 1.51. The van der Waals surface area contributed by atoms with Crippen molar-refractivity contribution < 1.29 is 19.1 Å². The molecule has 0 radical (unpaired) electrons. The van der Waals surface area contributed by atoms with E-state index in [1.807, 2.05) is 0 Å². The molecule has 0 aliphatic rings. The summed E-state index contributed by atoms with van der Waals surface area (Å²) in [5.41, 5.74) is 0.123. The van der Waals surface area contributed by atoms with Gasteiger partial charge >= 0.3 is 11.9 Å². The van der Waals surface area contributed by atoms with E-state index in [4.69, 9.17) is 0 Å². The highest BCUT2D eigenvalue weighted by atomic mass is 16.5. The number of rotatable bonds is 4. The SMILES string of the molecule is COC(=O)c1nnc(C(=O)OC)c2[nH]c(/N=C/N(C)C)nc12. The van der Waals surface area contributed by atoms with Crippen LogP contribution in [0.5, 0.6) is 0 Å². The number of nitrogens with zero attached hydrogens (tertiary/aromatic N) is 5. The van der Waals surface area contributed by atoms with Crippen LogP contribution in [0.2, 0.25) is 0 Å². The molecule has 0 bridgehead atoms. The molecule has 116 valence electrons. The number of nitrogens with one attached hydrogen (secondary N) is 1. The van der Waals surface area contributed by atoms with Crippen LogP contribution in [0.15, 0.2) is 4.99 Å². The second-order valence-corrected chi connectivity index (χ2v) is 4.37. The Balaban J connectivity index is 2.66. The number of hydrogen-bond donors (Lipinski definition) is 1. The molecular weight excluding hydrogens is 292 g/mol. The Morgan fingerprint density at radius 3 is 2.32 bits per heavy atom. The number of aromatic nitrogens is 4. The van der Waals surface area contributed by atoms with Gasteiger partial charge in [0.1, 0.15) is 11.0 Å². The minimum absolute atomic E-state index is 0.0936. The Kier molecular flexibility index (Phi) is 4.30. The van der Waals surface area contributed by atoms with Crippen LogP contribution in [0.3, 0.4) is 0 Å². The van der Waals surface area contributed by atoms with Crippen molar-refractivity contribution in [2.75, 3.05) is 28.3 Å². The van der Waals surface area contributed by atoms with Crippen LogP contribution in [-0.2, 0) is 9.47 Å². The number of esters is 2. The molecule has 2 rings (SSSR count). The smallest absolute Gasteiger partial charge is 0.360 e. The summed E-state index contributed by atoms with van der Waals surface area (Å²) in [7, 11) is 6.00. The fourth-order valence-electron chi connectivity index (χ4n) is 1.61. The van der Waals surface area contributed by atoms with Crippen LogP contribution in [-0.4, -0.2) is 71.7 Å². The second-order valence-electron chi connectivity index (χ2n) is 4.37. The summed E-state index contributed by atoms with van der Waals surface area (Å²) in [6, 6.07) is 0. The molecule has 2 aromatic rings. The maximum Gasteiger partial charge on any atom is 0.360 e. The molecule has 0 aromatic carbocycles. The zero-order chi connectivity index (χ0) is 16.3. The van der Waals surface area contributed by atoms with Gasteiger partial charge in [-0.3, -0.25) is 0 Å². The largest absolute Gasteiger partial charge is 0.464 e. The summed E-state index contributed by atoms with van der Waals surface area (Å²) in [6.45, 7) is 0. The second kappa shape index (κ2) is 6.16. The number of carbonyl (C=O) groups excluding carboxylic acids is 2. The molecule has 22 heavy (non-hydrogen) atoms. The summed E-state index contributed by atoms with van der Waals surface area (Å²) in [5.74, 6) is -1.24. The number of carbonyl (C=O) groups is 2. The fraction of sp³-hybridized carbons (Fsp3) is 0.333. The van der Waals surface area contributed by atoms with Crippen LogP contribution in [0, 0.1) is 0 Å². The van der Waals surface area contributed by atoms with Crippen molar-refractivity contribution in [2.45, 2.75) is 0 Å². The number of imidazole rings is 1. The van der Waals surface area contributed by atoms with Gasteiger partial charge in [-0.05, 0) is 0 Å². The molecule has 2 aromatic heterocycles. The van der Waals surface area contributed by atoms with Crippen molar-refractivity contribution in [2.24, 2.45) is 4.99 Å². The normalized spacial score (nSPS) is 10.9. The van der Waals surface area contributed by atoms with Crippen molar-refractivity contribution in [3.05, 3.63) is 11.4 Å². The summed E-state index contributed by atoms with van der Waals surface area (Å²) < 4.78 is 9.25. The fourth-order valence-corrected chi connectivity index (χ4v) is 1.61. The van der Waals surface area contributed by atoms with Gasteiger partial charge in [-0.1, -0.05) is 0 Å². The summed E-state index contributed by atoms with van der Waals surface area (Å²) >= 11 is 0. The first-order chi connectivity index (χ1) is 10.5. The quantitative estimate of drug-likeness (QED) is 0.481. The Morgan fingerprint density at radius 1 is 1.14 bits per heavy atom. The maximum absolute atomic E-state index is 11.7. The maximum atomic E-state index is 11.7. The van der Waals surface area contributed by atoms with Crippen LogP contribution in [0.1, 0.15) is 21.0 Å². The molecule has 10 nitrogen and oxygen atoms in total. The minimum atomic E-state index is -0.719. The molecule has 1 N–H and O–H groups in total. The third-order valence-corrected chi connectivity index (χ3v) is 2.57. The monoisotopic (exact) mass is 306 g/mol. The molecule has 0 amide bonds. The van der Waals surface area contributed by atoms with Gasteiger partial charge in [0.25, 0.3) is 0 Å². The average Bonchev–Trinajstić information content (AvgIpc) is 2.94. The van der Waals surface area contributed by atoms with Crippen molar-refractivity contribution in [1.82, 2.24) is 25.1 Å². The predicted octanol–water partition coefficient (Wildman–Crippen LogP) is 0.147. The molecule has 0 atom stereocenters. The number of aliphatic imine (C=N–C) groups is 1. The van der Waals surface area contributed by atoms with E-state index in [1.54, 1.807) is 19.0 Å². The van der Waals surface area contributed by atoms with Crippen molar-refractivity contribution in [3.8, 4) is 0 Å². The van der Waals surface area contributed by atoms with Gasteiger partial charge in [0.05, 0.1) is 20.6 Å². The summed E-state index contributed by atoms with van der Waals surface area (Å²) in [4.78, 5) is 36.1. The molecule has 0 aliphatic heterocycles. The molecular formula is C12H14N6O4. The zero-order valence-electron chi connectivity index (χ0n) is 12.4. The lowest BCUT2D eigenvalue weighted by molar-refractivity contribution is 0.0577. The zero-order valence-corrected chi connectivity index (χ0v) is 12.4. The Labute approximate surface area is 125 Å². The first-order valence-electron chi connectivity index (χ1n) is 6.11. The van der Waals surface area contributed by atoms with Gasteiger partial charge in [0.15, 0.2) is 11.4 Å². The van der Waals surface area contributed by atoms with E-state index in [0.717, 1.165) is 0 Å². The van der Waals surface area contributed by atoms with Crippen LogP contribution < -0.4 is 0 Å². The lowest BCUT2D eigenvalue weighted by Gasteiger charge is -2.01. The average molecular weight is 306 g/mol. The highest BCUT2D eigenvalue weighted by Crippen LogP contribution is 2.21. The van der Waals surface area contributed by atoms with E-state index >= 15 is 0 Å². The van der Waals surface area contributed by atoms with E-state index in [1.165, 1.54) is 20.6 Å². The topological polar surface area (TPSA) is 123 Å². The van der Waals surface area contributed by atoms with Gasteiger partial charge < -0.3 is 19.4 Å². The van der Waals surface area contributed by atoms with Crippen LogP contribution >= 0.6 is 0 Å². The number of hydrogen-bond acceptors (Lipinski definition) is 8. The van der Waals surface area contributed by atoms with Crippen LogP contribution in [0.4, 0.5) is 5.95 Å². The van der Waals surface area contributed by atoms with E-state index in [2.05, 4.69) is 34.6 Å². The van der Waals surface area contributed by atoms with Gasteiger partial charge in [0.2, 0.25) is 5.95 Å². The third kappa shape index (κ3) is 2.85. The molecule has 0 unspecified atom stereocenters. The highest BCUT2D eigenvalue weighted by molar-refractivity contribution is 6.06. The van der Waals surface area contributed by atoms with Crippen LogP contribution in [0.25, 0.3) is 11.0 Å². The molecule has 10 heteroatoms. The predicted molar refractivity (Wildman–Crippen MR) is 76.2 cm³/mol. The Hall–Kier alpha value is -3.04. The van der Waals surface area contributed by atoms with E-state index in [-0.39, 0.29) is 28.4 Å². The number of aromatic amines is 1. The number of fused-ring (bicyclic) bond motifs is 1. The van der Waals surface area contributed by atoms with Gasteiger partial charge in [0, 0.05) is 14.1 Å². The lowest BCUT2D eigenvalue weighted by atomic mass is 10.2. The summed E-state index contributed by atoms with van der Waals surface area (Å²) in [5, 5.41) is 7.38. The Morgan fingerprint density at radius 2 is 1.73 bits per heavy atom. The first-order valence-corrected chi connectivity index (χ1v) is 6.11. The highest BCUT2D eigenvalue weighted by Gasteiger charge is 2.23. The van der Waals surface area contributed by atoms with Gasteiger partial charge in [-0.25, -0.2) is 19.6 Å². The minimum Gasteiger partial charge on any atom is -0.464 e. The van der Waals surface area contributed by atoms with Crippen molar-refractivity contribution >= 4 is 35.3 Å². The molecule has 0 aliphatic carbocycles. The van der Waals surface area contributed by atoms with E-state index in [9.17, 15) is 9.59 Å². The number of ether oxygens (including phenoxy) is 2. The number of H-pyrrole nitrogens is 1. The van der Waals surface area contributed by atoms with Crippen molar-refractivity contribution in [3.63, 3.8) is 0 Å². The Bertz CT molecular complexity index is 698. The first kappa shape index (κ1) is 15.4. The third-order valence-electron chi connectivity index (χ3n) is 2.57. The van der Waals surface area contributed by atoms with E-state index < -0.39 is 11.9 Å². The lowest BCUT2D eigenvalue weighted by Crippen LogP contribution is -2.12. The molecule has 0 saturated heterocycles. The van der Waals surface area contributed by atoms with Crippen molar-refractivity contribution in [1.29, 1.82) is 0 Å². The van der Waals surface area contributed by atoms with Gasteiger partial charge in [-0.15, -0.1) is 10.2 Å².